The zero-order valence-electron chi connectivity index (χ0n) is 17.1. The molecule has 8 heteroatoms. The van der Waals surface area contributed by atoms with E-state index in [1.165, 1.54) is 29.8 Å². The Bertz CT molecular complexity index is 1450. The number of aromatic nitrogens is 3. The molecule has 3 heterocycles. The number of nitrogens with zero attached hydrogens (tertiary/aromatic N) is 3. The number of hydrogen-bond donors (Lipinski definition) is 2. The first-order chi connectivity index (χ1) is 14.9. The molecule has 1 aliphatic heterocycles. The lowest BCUT2D eigenvalue weighted by Gasteiger charge is -2.28. The fourth-order valence-corrected chi connectivity index (χ4v) is 4.46. The molecular formula is C23H21N3O5. The average Bonchev–Trinajstić information content (AvgIpc) is 3.14. The zero-order valence-corrected chi connectivity index (χ0v) is 17.1. The normalized spacial score (nSPS) is 15.9. The van der Waals surface area contributed by atoms with Crippen LogP contribution in [0.4, 0.5) is 0 Å². The number of phenols is 2. The number of fused-ring (bicyclic) bond motifs is 3. The molecule has 0 saturated heterocycles. The number of ether oxygens (including phenoxy) is 1. The summed E-state index contributed by atoms with van der Waals surface area (Å²) in [5.74, 6) is -0.0573. The predicted octanol–water partition coefficient (Wildman–Crippen LogP) is 2.24. The van der Waals surface area contributed by atoms with Gasteiger partial charge in [0.15, 0.2) is 0 Å². The molecule has 0 saturated carbocycles. The summed E-state index contributed by atoms with van der Waals surface area (Å²) in [6, 6.07) is 13.8. The van der Waals surface area contributed by atoms with Crippen molar-refractivity contribution in [2.45, 2.75) is 12.6 Å². The van der Waals surface area contributed by atoms with Crippen molar-refractivity contribution in [3.05, 3.63) is 80.6 Å². The van der Waals surface area contributed by atoms with Gasteiger partial charge in [-0.15, -0.1) is 0 Å². The van der Waals surface area contributed by atoms with Crippen molar-refractivity contribution in [3.63, 3.8) is 0 Å². The van der Waals surface area contributed by atoms with Gasteiger partial charge < -0.3 is 19.5 Å². The molecule has 1 atom stereocenters. The summed E-state index contributed by atoms with van der Waals surface area (Å²) < 4.78 is 10.6. The highest BCUT2D eigenvalue weighted by Gasteiger charge is 2.34. The van der Waals surface area contributed by atoms with Gasteiger partial charge in [0.1, 0.15) is 17.6 Å². The fourth-order valence-electron chi connectivity index (χ4n) is 4.46. The van der Waals surface area contributed by atoms with Crippen LogP contribution in [0, 0.1) is 0 Å². The van der Waals surface area contributed by atoms with E-state index >= 15 is 0 Å². The summed E-state index contributed by atoms with van der Waals surface area (Å²) in [6.07, 6.45) is -0.765. The molecule has 0 fully saturated rings. The Morgan fingerprint density at radius 1 is 1.00 bits per heavy atom. The van der Waals surface area contributed by atoms with Gasteiger partial charge in [0.2, 0.25) is 0 Å². The van der Waals surface area contributed by atoms with E-state index < -0.39 is 17.4 Å². The maximum absolute atomic E-state index is 13.3. The molecule has 0 spiro atoms. The van der Waals surface area contributed by atoms with Gasteiger partial charge in [-0.25, -0.2) is 4.79 Å². The standard InChI is InChI=1S/C23H21N3O5/c1-24-19-17(22(29)25(2)23(24)30)18(13-6-4-3-5-7-13)26-10-11-31-21(20(19)26)15-12-14(27)8-9-16(15)28/h3-9,12,21,27-28H,10-11H2,1-2H3. The van der Waals surface area contributed by atoms with Crippen molar-refractivity contribution in [1.82, 2.24) is 13.7 Å². The predicted molar refractivity (Wildman–Crippen MR) is 115 cm³/mol. The Morgan fingerprint density at radius 2 is 1.74 bits per heavy atom. The highest BCUT2D eigenvalue weighted by Crippen LogP contribution is 2.43. The van der Waals surface area contributed by atoms with Crippen LogP contribution in [0.2, 0.25) is 0 Å². The van der Waals surface area contributed by atoms with E-state index in [1.54, 1.807) is 7.05 Å². The highest BCUT2D eigenvalue weighted by atomic mass is 16.5. The minimum atomic E-state index is -0.765. The van der Waals surface area contributed by atoms with E-state index in [0.717, 1.165) is 10.1 Å². The second-order valence-corrected chi connectivity index (χ2v) is 7.67. The maximum atomic E-state index is 13.3. The Kier molecular flexibility index (Phi) is 4.26. The van der Waals surface area contributed by atoms with Crippen molar-refractivity contribution < 1.29 is 14.9 Å². The second kappa shape index (κ2) is 6.88. The van der Waals surface area contributed by atoms with Crippen LogP contribution in [-0.4, -0.2) is 30.5 Å². The summed E-state index contributed by atoms with van der Waals surface area (Å²) >= 11 is 0. The SMILES string of the molecule is Cn1c(=O)c2c(-c3ccccc3)n3c(c2n(C)c1=O)C(c1cc(O)ccc1O)OCC3. The first-order valence-electron chi connectivity index (χ1n) is 9.91. The minimum absolute atomic E-state index is 0.0162. The molecule has 2 N–H and O–H groups in total. The Hall–Kier alpha value is -3.78. The Balaban J connectivity index is 1.97. The number of hydrogen-bond acceptors (Lipinski definition) is 5. The summed E-state index contributed by atoms with van der Waals surface area (Å²) in [4.78, 5) is 26.1. The Morgan fingerprint density at radius 3 is 2.48 bits per heavy atom. The molecule has 1 aliphatic rings. The van der Waals surface area contributed by atoms with Crippen molar-refractivity contribution in [1.29, 1.82) is 0 Å². The molecule has 2 aromatic heterocycles. The summed E-state index contributed by atoms with van der Waals surface area (Å²) in [5.41, 5.74) is 2.13. The van der Waals surface area contributed by atoms with Gasteiger partial charge in [-0.3, -0.25) is 13.9 Å². The second-order valence-electron chi connectivity index (χ2n) is 7.67. The van der Waals surface area contributed by atoms with Crippen LogP contribution < -0.4 is 11.2 Å². The van der Waals surface area contributed by atoms with Crippen molar-refractivity contribution in [3.8, 4) is 22.8 Å². The van der Waals surface area contributed by atoms with Gasteiger partial charge in [-0.2, -0.15) is 0 Å². The third-order valence-electron chi connectivity index (χ3n) is 5.89. The first-order valence-corrected chi connectivity index (χ1v) is 9.91. The summed E-state index contributed by atoms with van der Waals surface area (Å²) in [6.45, 7) is 0.809. The molecule has 0 radical (unpaired) electrons. The van der Waals surface area contributed by atoms with E-state index in [9.17, 15) is 19.8 Å². The molecule has 31 heavy (non-hydrogen) atoms. The van der Waals surface area contributed by atoms with E-state index in [2.05, 4.69) is 0 Å². The average molecular weight is 419 g/mol. The topological polar surface area (TPSA) is 98.6 Å². The summed E-state index contributed by atoms with van der Waals surface area (Å²) in [7, 11) is 3.08. The fraction of sp³-hybridized carbons (Fsp3) is 0.217. The van der Waals surface area contributed by atoms with Crippen LogP contribution in [0.5, 0.6) is 11.5 Å². The lowest BCUT2D eigenvalue weighted by Crippen LogP contribution is -2.37. The van der Waals surface area contributed by atoms with Crippen LogP contribution in [0.1, 0.15) is 17.4 Å². The third kappa shape index (κ3) is 2.72. The highest BCUT2D eigenvalue weighted by molar-refractivity contribution is 5.96. The van der Waals surface area contributed by atoms with E-state index in [4.69, 9.17) is 4.74 Å². The first kappa shape index (κ1) is 19.2. The molecular weight excluding hydrogens is 398 g/mol. The van der Waals surface area contributed by atoms with Crippen LogP contribution in [0.3, 0.4) is 0 Å². The van der Waals surface area contributed by atoms with Gasteiger partial charge in [-0.05, 0) is 23.8 Å². The number of aryl methyl sites for hydroxylation is 1. The van der Waals surface area contributed by atoms with Crippen LogP contribution >= 0.6 is 0 Å². The zero-order chi connectivity index (χ0) is 21.9. The van der Waals surface area contributed by atoms with Crippen molar-refractivity contribution in [2.75, 3.05) is 6.61 Å². The number of rotatable bonds is 2. The number of phenolic OH excluding ortho intramolecular Hbond substituents is 2. The molecule has 4 aromatic rings. The molecule has 0 bridgehead atoms. The molecule has 1 unspecified atom stereocenters. The lowest BCUT2D eigenvalue weighted by atomic mass is 10.0. The number of benzene rings is 2. The van der Waals surface area contributed by atoms with Crippen LogP contribution in [-0.2, 0) is 25.4 Å². The summed E-state index contributed by atoms with van der Waals surface area (Å²) in [5, 5.41) is 20.9. The van der Waals surface area contributed by atoms with Crippen LogP contribution in [0.15, 0.2) is 58.1 Å². The van der Waals surface area contributed by atoms with Gasteiger partial charge in [0.25, 0.3) is 5.56 Å². The monoisotopic (exact) mass is 419 g/mol. The smallest absolute Gasteiger partial charge is 0.331 e. The van der Waals surface area contributed by atoms with Gasteiger partial charge in [0.05, 0.1) is 28.9 Å². The molecule has 2 aromatic carbocycles. The molecule has 5 rings (SSSR count). The minimum Gasteiger partial charge on any atom is -0.508 e. The van der Waals surface area contributed by atoms with Gasteiger partial charge >= 0.3 is 5.69 Å². The van der Waals surface area contributed by atoms with E-state index in [0.29, 0.717) is 41.0 Å². The third-order valence-corrected chi connectivity index (χ3v) is 5.89. The molecule has 8 nitrogen and oxygen atoms in total. The number of aromatic hydroxyl groups is 2. The lowest BCUT2D eigenvalue weighted by molar-refractivity contribution is 0.0463. The van der Waals surface area contributed by atoms with Gasteiger partial charge in [0, 0.05) is 26.2 Å². The van der Waals surface area contributed by atoms with Crippen molar-refractivity contribution >= 4 is 10.9 Å². The van der Waals surface area contributed by atoms with Crippen LogP contribution in [0.25, 0.3) is 22.2 Å². The maximum Gasteiger partial charge on any atom is 0.331 e. The largest absolute Gasteiger partial charge is 0.508 e. The van der Waals surface area contributed by atoms with E-state index in [-0.39, 0.29) is 11.5 Å². The van der Waals surface area contributed by atoms with E-state index in [1.807, 2.05) is 34.9 Å². The van der Waals surface area contributed by atoms with Crippen molar-refractivity contribution in [2.24, 2.45) is 14.1 Å². The Labute approximate surface area is 176 Å². The van der Waals surface area contributed by atoms with Gasteiger partial charge in [-0.1, -0.05) is 30.3 Å². The molecule has 158 valence electrons. The quantitative estimate of drug-likeness (QED) is 0.486. The molecule has 0 amide bonds. The molecule has 0 aliphatic carbocycles.